The molecule has 196 valence electrons. The van der Waals surface area contributed by atoms with Crippen LogP contribution in [-0.2, 0) is 0 Å². The predicted octanol–water partition coefficient (Wildman–Crippen LogP) is 7.84. The van der Waals surface area contributed by atoms with Gasteiger partial charge < -0.3 is 0 Å². The zero-order valence-electron chi connectivity index (χ0n) is 22.5. The Morgan fingerprint density at radius 2 is 0.538 bits per heavy atom. The van der Waals surface area contributed by atoms with Crippen LogP contribution in [0.3, 0.4) is 0 Å². The lowest BCUT2D eigenvalue weighted by Crippen LogP contribution is -2.16. The van der Waals surface area contributed by atoms with E-state index in [0.29, 0.717) is 0 Å². The standard InChI is InChI=1S/C36H37P3/c1-6-18-32(19-7-1)37(28-16-30-38(33-20-8-2-9-21-33)34-22-10-3-11-23-34)29-17-31-39(35-24-12-4-13-25-35)36-26-14-5-15-27-36/h1-15,18-27H,16-17,28-31H2. The van der Waals surface area contributed by atoms with Crippen LogP contribution in [0, 0.1) is 0 Å². The molecule has 3 heteroatoms. The Balaban J connectivity index is 1.27. The third kappa shape index (κ3) is 8.19. The number of hydrogen-bond acceptors (Lipinski definition) is 0. The van der Waals surface area contributed by atoms with Crippen LogP contribution in [-0.4, -0.2) is 24.6 Å². The summed E-state index contributed by atoms with van der Waals surface area (Å²) in [5.41, 5.74) is 0. The van der Waals surface area contributed by atoms with Crippen molar-refractivity contribution in [2.24, 2.45) is 0 Å². The van der Waals surface area contributed by atoms with Crippen LogP contribution in [0.15, 0.2) is 152 Å². The van der Waals surface area contributed by atoms with E-state index in [1.54, 1.807) is 5.30 Å². The molecular formula is C36H37P3. The third-order valence-electron chi connectivity index (χ3n) is 7.01. The van der Waals surface area contributed by atoms with Gasteiger partial charge in [-0.25, -0.2) is 0 Å². The number of rotatable bonds is 13. The van der Waals surface area contributed by atoms with Gasteiger partial charge in [0.25, 0.3) is 0 Å². The predicted molar refractivity (Wildman–Crippen MR) is 180 cm³/mol. The molecule has 0 aliphatic heterocycles. The van der Waals surface area contributed by atoms with Gasteiger partial charge in [-0.15, -0.1) is 0 Å². The molecule has 0 N–H and O–H groups in total. The second kappa shape index (κ2) is 15.2. The van der Waals surface area contributed by atoms with Gasteiger partial charge in [-0.2, -0.15) is 0 Å². The van der Waals surface area contributed by atoms with Crippen LogP contribution in [0.2, 0.25) is 0 Å². The quantitative estimate of drug-likeness (QED) is 0.128. The molecule has 5 aromatic rings. The molecule has 0 spiro atoms. The Bertz CT molecular complexity index is 1180. The molecule has 0 aromatic heterocycles. The van der Waals surface area contributed by atoms with Crippen LogP contribution >= 0.6 is 23.8 Å². The Morgan fingerprint density at radius 3 is 0.821 bits per heavy atom. The largest absolute Gasteiger partial charge is 0.0753 e. The lowest BCUT2D eigenvalue weighted by atomic mass is 10.4. The van der Waals surface area contributed by atoms with Crippen LogP contribution in [0.1, 0.15) is 12.8 Å². The maximum atomic E-state index is 2.38. The zero-order valence-corrected chi connectivity index (χ0v) is 25.2. The maximum Gasteiger partial charge on any atom is -0.0195 e. The van der Waals surface area contributed by atoms with Crippen molar-refractivity contribution in [3.63, 3.8) is 0 Å². The highest BCUT2D eigenvalue weighted by atomic mass is 31.1. The highest BCUT2D eigenvalue weighted by molar-refractivity contribution is 7.73. The van der Waals surface area contributed by atoms with E-state index in [9.17, 15) is 0 Å². The highest BCUT2D eigenvalue weighted by Crippen LogP contribution is 2.42. The second-order valence-electron chi connectivity index (χ2n) is 9.68. The van der Waals surface area contributed by atoms with Gasteiger partial charge in [-0.05, 0) is 79.9 Å². The fourth-order valence-electron chi connectivity index (χ4n) is 5.09. The molecule has 0 nitrogen and oxygen atoms in total. The molecule has 5 rings (SSSR count). The lowest BCUT2D eigenvalue weighted by molar-refractivity contribution is 1.07. The molecule has 0 aliphatic carbocycles. The second-order valence-corrected chi connectivity index (χ2v) is 16.8. The minimum absolute atomic E-state index is 0.172. The maximum absolute atomic E-state index is 2.38. The van der Waals surface area contributed by atoms with Crippen molar-refractivity contribution in [2.75, 3.05) is 24.6 Å². The van der Waals surface area contributed by atoms with E-state index < -0.39 is 0 Å². The molecule has 5 aromatic carbocycles. The summed E-state index contributed by atoms with van der Waals surface area (Å²) >= 11 is 0. The SMILES string of the molecule is c1ccc(P(CCCP(c2ccccc2)c2ccccc2)CCCP(c2ccccc2)c2ccccc2)cc1. The topological polar surface area (TPSA) is 0 Å². The summed E-state index contributed by atoms with van der Waals surface area (Å²) in [6.07, 6.45) is 7.70. The average Bonchev–Trinajstić information content (AvgIpc) is 3.02. The third-order valence-corrected chi connectivity index (χ3v) is 15.0. The van der Waals surface area contributed by atoms with Crippen molar-refractivity contribution >= 4 is 50.3 Å². The van der Waals surface area contributed by atoms with E-state index >= 15 is 0 Å². The van der Waals surface area contributed by atoms with Crippen molar-refractivity contribution in [3.8, 4) is 0 Å². The van der Waals surface area contributed by atoms with Crippen LogP contribution in [0.5, 0.6) is 0 Å². The first-order chi connectivity index (χ1) is 19.4. The molecule has 0 amide bonds. The lowest BCUT2D eigenvalue weighted by Gasteiger charge is -2.23. The van der Waals surface area contributed by atoms with Crippen molar-refractivity contribution in [1.82, 2.24) is 0 Å². The first kappa shape index (κ1) is 27.9. The first-order valence-electron chi connectivity index (χ1n) is 13.9. The molecule has 0 saturated heterocycles. The van der Waals surface area contributed by atoms with Crippen LogP contribution < -0.4 is 26.5 Å². The van der Waals surface area contributed by atoms with Crippen molar-refractivity contribution in [1.29, 1.82) is 0 Å². The Kier molecular flexibility index (Phi) is 10.9. The van der Waals surface area contributed by atoms with E-state index in [0.717, 1.165) is 0 Å². The van der Waals surface area contributed by atoms with Crippen molar-refractivity contribution in [2.45, 2.75) is 12.8 Å². The van der Waals surface area contributed by atoms with Crippen molar-refractivity contribution < 1.29 is 0 Å². The number of benzene rings is 5. The van der Waals surface area contributed by atoms with Gasteiger partial charge >= 0.3 is 0 Å². The Hall–Kier alpha value is -2.61. The summed E-state index contributed by atoms with van der Waals surface area (Å²) in [7, 11) is -0.813. The molecule has 0 aliphatic rings. The average molecular weight is 563 g/mol. The summed E-state index contributed by atoms with van der Waals surface area (Å²) in [6.45, 7) is 0. The Labute approximate surface area is 238 Å². The monoisotopic (exact) mass is 562 g/mol. The molecule has 0 radical (unpaired) electrons. The zero-order chi connectivity index (χ0) is 26.5. The van der Waals surface area contributed by atoms with Crippen molar-refractivity contribution in [3.05, 3.63) is 152 Å². The fourth-order valence-corrected chi connectivity index (χ4v) is 12.7. The van der Waals surface area contributed by atoms with E-state index in [2.05, 4.69) is 152 Å². The van der Waals surface area contributed by atoms with Gasteiger partial charge in [-0.3, -0.25) is 0 Å². The van der Waals surface area contributed by atoms with E-state index in [1.807, 2.05) is 0 Å². The molecular weight excluding hydrogens is 525 g/mol. The highest BCUT2D eigenvalue weighted by Gasteiger charge is 2.18. The molecule has 0 fully saturated rings. The van der Waals surface area contributed by atoms with E-state index in [1.165, 1.54) is 58.7 Å². The van der Waals surface area contributed by atoms with Gasteiger partial charge in [0.15, 0.2) is 0 Å². The van der Waals surface area contributed by atoms with Crippen LogP contribution in [0.4, 0.5) is 0 Å². The minimum Gasteiger partial charge on any atom is -0.0753 e. The molecule has 39 heavy (non-hydrogen) atoms. The molecule has 0 atom stereocenters. The fraction of sp³-hybridized carbons (Fsp3) is 0.167. The molecule has 0 unspecified atom stereocenters. The molecule has 0 bridgehead atoms. The van der Waals surface area contributed by atoms with Gasteiger partial charge in [0.1, 0.15) is 0 Å². The smallest absolute Gasteiger partial charge is 0.0195 e. The summed E-state index contributed by atoms with van der Waals surface area (Å²) in [5.74, 6) is 0. The normalized spacial score (nSPS) is 11.4. The molecule has 0 heterocycles. The van der Waals surface area contributed by atoms with Gasteiger partial charge in [0, 0.05) is 0 Å². The first-order valence-corrected chi connectivity index (χ1v) is 18.7. The number of hydrogen-bond donors (Lipinski definition) is 0. The van der Waals surface area contributed by atoms with Gasteiger partial charge in [0.05, 0.1) is 0 Å². The molecule has 0 saturated carbocycles. The van der Waals surface area contributed by atoms with Crippen LogP contribution in [0.25, 0.3) is 0 Å². The van der Waals surface area contributed by atoms with Gasteiger partial charge in [0.2, 0.25) is 0 Å². The summed E-state index contributed by atoms with van der Waals surface area (Å²) in [6, 6.07) is 56.1. The van der Waals surface area contributed by atoms with E-state index in [-0.39, 0.29) is 23.8 Å². The summed E-state index contributed by atoms with van der Waals surface area (Å²) in [4.78, 5) is 0. The summed E-state index contributed by atoms with van der Waals surface area (Å²) < 4.78 is 0. The Morgan fingerprint density at radius 1 is 0.282 bits per heavy atom. The van der Waals surface area contributed by atoms with E-state index in [4.69, 9.17) is 0 Å². The summed E-state index contributed by atoms with van der Waals surface area (Å²) in [5, 5.41) is 7.57. The van der Waals surface area contributed by atoms with Gasteiger partial charge in [-0.1, -0.05) is 160 Å². The minimum atomic E-state index is -0.321.